The van der Waals surface area contributed by atoms with Crippen molar-refractivity contribution < 1.29 is 14.9 Å². The van der Waals surface area contributed by atoms with Gasteiger partial charge in [0.2, 0.25) is 0 Å². The van der Waals surface area contributed by atoms with Gasteiger partial charge in [0.05, 0.1) is 6.61 Å². The van der Waals surface area contributed by atoms with Crippen LogP contribution in [0.4, 0.5) is 0 Å². The number of ether oxygens (including phenoxy) is 1. The number of rotatable bonds is 5. The summed E-state index contributed by atoms with van der Waals surface area (Å²) < 4.78 is 5.44. The van der Waals surface area contributed by atoms with Crippen molar-refractivity contribution in [2.75, 3.05) is 13.2 Å². The van der Waals surface area contributed by atoms with Crippen LogP contribution < -0.4 is 4.74 Å². The highest BCUT2D eigenvalue weighted by Gasteiger charge is 2.08. The molecule has 1 aromatic rings. The summed E-state index contributed by atoms with van der Waals surface area (Å²) in [6.45, 7) is 4.03. The molecule has 0 saturated heterocycles. The van der Waals surface area contributed by atoms with Crippen LogP contribution in [-0.4, -0.2) is 29.5 Å². The number of hydrogen-bond acceptors (Lipinski definition) is 3. The average Bonchev–Trinajstić information content (AvgIpc) is 2.26. The smallest absolute Gasteiger partial charge is 0.122 e. The first-order valence-corrected chi connectivity index (χ1v) is 5.15. The van der Waals surface area contributed by atoms with Gasteiger partial charge < -0.3 is 14.9 Å². The Morgan fingerprint density at radius 2 is 1.93 bits per heavy atom. The highest BCUT2D eigenvalue weighted by Crippen LogP contribution is 2.25. The van der Waals surface area contributed by atoms with E-state index in [-0.39, 0.29) is 13.2 Å². The number of aliphatic hydroxyl groups excluding tert-OH is 2. The van der Waals surface area contributed by atoms with Crippen molar-refractivity contribution in [3.8, 4) is 5.75 Å². The van der Waals surface area contributed by atoms with E-state index in [2.05, 4.69) is 13.8 Å². The van der Waals surface area contributed by atoms with Gasteiger partial charge in [-0.1, -0.05) is 32.0 Å². The summed E-state index contributed by atoms with van der Waals surface area (Å²) in [6, 6.07) is 7.74. The number of hydrogen-bond donors (Lipinski definition) is 2. The average molecular weight is 210 g/mol. The summed E-state index contributed by atoms with van der Waals surface area (Å²) in [6.07, 6.45) is -0.815. The van der Waals surface area contributed by atoms with Crippen molar-refractivity contribution in [3.05, 3.63) is 29.8 Å². The maximum Gasteiger partial charge on any atom is 0.122 e. The lowest BCUT2D eigenvalue weighted by molar-refractivity contribution is 0.0532. The standard InChI is InChI=1S/C12H18O3/c1-9(2)11-5-3-4-6-12(11)15-8-10(14)7-13/h3-6,9-10,13-14H,7-8H2,1-2H3/t10-/m0/s1. The Morgan fingerprint density at radius 3 is 2.53 bits per heavy atom. The summed E-state index contributed by atoms with van der Waals surface area (Å²) in [4.78, 5) is 0. The summed E-state index contributed by atoms with van der Waals surface area (Å²) >= 11 is 0. The van der Waals surface area contributed by atoms with Crippen LogP contribution in [0.25, 0.3) is 0 Å². The van der Waals surface area contributed by atoms with Crippen LogP contribution in [0.15, 0.2) is 24.3 Å². The van der Waals surface area contributed by atoms with Crippen LogP contribution in [0.1, 0.15) is 25.3 Å². The molecule has 0 spiro atoms. The van der Waals surface area contributed by atoms with Gasteiger partial charge in [-0.05, 0) is 17.5 Å². The van der Waals surface area contributed by atoms with Gasteiger partial charge in [0, 0.05) is 0 Å². The third-order valence-corrected chi connectivity index (χ3v) is 2.18. The van der Waals surface area contributed by atoms with E-state index in [9.17, 15) is 5.11 Å². The van der Waals surface area contributed by atoms with Crippen LogP contribution >= 0.6 is 0 Å². The van der Waals surface area contributed by atoms with Crippen molar-refractivity contribution in [1.82, 2.24) is 0 Å². The van der Waals surface area contributed by atoms with Crippen molar-refractivity contribution in [2.45, 2.75) is 25.9 Å². The predicted molar refractivity (Wildman–Crippen MR) is 59.1 cm³/mol. The Balaban J connectivity index is 2.67. The van der Waals surface area contributed by atoms with Crippen molar-refractivity contribution in [1.29, 1.82) is 0 Å². The SMILES string of the molecule is CC(C)c1ccccc1OC[C@@H](O)CO. The Morgan fingerprint density at radius 1 is 1.27 bits per heavy atom. The van der Waals surface area contributed by atoms with Crippen LogP contribution in [0.2, 0.25) is 0 Å². The van der Waals surface area contributed by atoms with Crippen molar-refractivity contribution in [3.63, 3.8) is 0 Å². The van der Waals surface area contributed by atoms with Crippen LogP contribution in [0, 0.1) is 0 Å². The molecule has 1 aromatic carbocycles. The van der Waals surface area contributed by atoms with E-state index in [4.69, 9.17) is 9.84 Å². The third-order valence-electron chi connectivity index (χ3n) is 2.18. The zero-order valence-corrected chi connectivity index (χ0v) is 9.18. The van der Waals surface area contributed by atoms with Gasteiger partial charge in [-0.15, -0.1) is 0 Å². The Hall–Kier alpha value is -1.06. The minimum Gasteiger partial charge on any atom is -0.491 e. The topological polar surface area (TPSA) is 49.7 Å². The quantitative estimate of drug-likeness (QED) is 0.775. The van der Waals surface area contributed by atoms with Gasteiger partial charge in [0.25, 0.3) is 0 Å². The van der Waals surface area contributed by atoms with Crippen LogP contribution in [0.3, 0.4) is 0 Å². The summed E-state index contributed by atoms with van der Waals surface area (Å²) in [5.74, 6) is 1.16. The molecule has 0 amide bonds. The number of para-hydroxylation sites is 1. The summed E-state index contributed by atoms with van der Waals surface area (Å²) in [7, 11) is 0. The normalized spacial score (nSPS) is 12.9. The molecule has 0 aliphatic carbocycles. The minimum absolute atomic E-state index is 0.125. The van der Waals surface area contributed by atoms with Gasteiger partial charge in [-0.25, -0.2) is 0 Å². The molecular weight excluding hydrogens is 192 g/mol. The summed E-state index contributed by atoms with van der Waals surface area (Å²) in [5, 5.41) is 17.8. The molecule has 1 atom stereocenters. The molecule has 0 aliphatic rings. The van der Waals surface area contributed by atoms with E-state index < -0.39 is 6.10 Å². The largest absolute Gasteiger partial charge is 0.491 e. The molecular formula is C12H18O3. The molecule has 84 valence electrons. The molecule has 1 rings (SSSR count). The fourth-order valence-corrected chi connectivity index (χ4v) is 1.33. The molecule has 0 radical (unpaired) electrons. The van der Waals surface area contributed by atoms with E-state index in [0.717, 1.165) is 11.3 Å². The van der Waals surface area contributed by atoms with E-state index in [1.165, 1.54) is 0 Å². The highest BCUT2D eigenvalue weighted by molar-refractivity contribution is 5.35. The predicted octanol–water partition coefficient (Wildman–Crippen LogP) is 1.54. The first-order valence-electron chi connectivity index (χ1n) is 5.15. The molecule has 0 fully saturated rings. The lowest BCUT2D eigenvalue weighted by atomic mass is 10.0. The first kappa shape index (κ1) is 12.0. The molecule has 2 N–H and O–H groups in total. The molecule has 0 unspecified atom stereocenters. The van der Waals surface area contributed by atoms with Gasteiger partial charge >= 0.3 is 0 Å². The second kappa shape index (κ2) is 5.73. The van der Waals surface area contributed by atoms with Crippen molar-refractivity contribution in [2.24, 2.45) is 0 Å². The second-order valence-electron chi connectivity index (χ2n) is 3.84. The number of benzene rings is 1. The van der Waals surface area contributed by atoms with E-state index in [0.29, 0.717) is 5.92 Å². The van der Waals surface area contributed by atoms with Gasteiger partial charge in [0.1, 0.15) is 18.5 Å². The zero-order valence-electron chi connectivity index (χ0n) is 9.18. The maximum absolute atomic E-state index is 9.17. The fourth-order valence-electron chi connectivity index (χ4n) is 1.33. The first-order chi connectivity index (χ1) is 7.15. The van der Waals surface area contributed by atoms with E-state index in [1.54, 1.807) is 0 Å². The van der Waals surface area contributed by atoms with E-state index >= 15 is 0 Å². The molecule has 3 nitrogen and oxygen atoms in total. The maximum atomic E-state index is 9.17. The lowest BCUT2D eigenvalue weighted by Crippen LogP contribution is -2.21. The minimum atomic E-state index is -0.815. The Bertz CT molecular complexity index is 297. The molecule has 0 bridgehead atoms. The molecule has 0 heterocycles. The Kier molecular flexibility index (Phi) is 4.59. The van der Waals surface area contributed by atoms with E-state index in [1.807, 2.05) is 24.3 Å². The Labute approximate surface area is 90.3 Å². The van der Waals surface area contributed by atoms with Crippen molar-refractivity contribution >= 4 is 0 Å². The molecule has 3 heteroatoms. The van der Waals surface area contributed by atoms with Gasteiger partial charge in [-0.3, -0.25) is 0 Å². The number of aliphatic hydroxyl groups is 2. The fraction of sp³-hybridized carbons (Fsp3) is 0.500. The monoisotopic (exact) mass is 210 g/mol. The molecule has 15 heavy (non-hydrogen) atoms. The molecule has 0 aromatic heterocycles. The van der Waals surface area contributed by atoms with Crippen LogP contribution in [-0.2, 0) is 0 Å². The van der Waals surface area contributed by atoms with Gasteiger partial charge in [0.15, 0.2) is 0 Å². The summed E-state index contributed by atoms with van der Waals surface area (Å²) in [5.41, 5.74) is 1.11. The molecule has 0 aliphatic heterocycles. The van der Waals surface area contributed by atoms with Gasteiger partial charge in [-0.2, -0.15) is 0 Å². The van der Waals surface area contributed by atoms with Crippen LogP contribution in [0.5, 0.6) is 5.75 Å². The zero-order chi connectivity index (χ0) is 11.3. The highest BCUT2D eigenvalue weighted by atomic mass is 16.5. The molecule has 0 saturated carbocycles. The lowest BCUT2D eigenvalue weighted by Gasteiger charge is -2.15. The third kappa shape index (κ3) is 3.53. The second-order valence-corrected chi connectivity index (χ2v) is 3.84.